The minimum Gasteiger partial charge on any atom is -0.494 e. The first-order chi connectivity index (χ1) is 8.54. The Morgan fingerprint density at radius 3 is 2.28 bits per heavy atom. The predicted molar refractivity (Wildman–Crippen MR) is 61.2 cm³/mol. The van der Waals surface area contributed by atoms with Crippen molar-refractivity contribution in [2.45, 2.75) is 6.18 Å². The predicted octanol–water partition coefficient (Wildman–Crippen LogP) is 3.78. The van der Waals surface area contributed by atoms with Crippen LogP contribution in [0.5, 0.6) is 5.75 Å². The van der Waals surface area contributed by atoms with Crippen molar-refractivity contribution < 1.29 is 17.9 Å². The molecule has 2 nitrogen and oxygen atoms in total. The molecule has 0 aliphatic heterocycles. The Labute approximate surface area is 102 Å². The maximum absolute atomic E-state index is 12.8. The molecule has 0 unspecified atom stereocenters. The van der Waals surface area contributed by atoms with Crippen molar-refractivity contribution in [2.24, 2.45) is 0 Å². The van der Waals surface area contributed by atoms with Gasteiger partial charge >= 0.3 is 6.18 Å². The molecular formula is C13H10F3NO. The molecule has 0 atom stereocenters. The van der Waals surface area contributed by atoms with Crippen LogP contribution < -0.4 is 4.74 Å². The Morgan fingerprint density at radius 1 is 1.06 bits per heavy atom. The van der Waals surface area contributed by atoms with Crippen LogP contribution in [-0.4, -0.2) is 12.1 Å². The molecule has 5 heteroatoms. The standard InChI is InChI=1S/C13H10F3NO/c1-18-12-10(13(14,15)16)7-8-17-11(12)9-5-3-2-4-6-9/h2-8H,1H3. The van der Waals surface area contributed by atoms with Crippen LogP contribution in [0.3, 0.4) is 0 Å². The fourth-order valence-electron chi connectivity index (χ4n) is 1.68. The molecule has 0 N–H and O–H groups in total. The molecule has 0 fully saturated rings. The van der Waals surface area contributed by atoms with Gasteiger partial charge in [0, 0.05) is 11.8 Å². The second-order valence-electron chi connectivity index (χ2n) is 3.60. The molecule has 0 aliphatic rings. The summed E-state index contributed by atoms with van der Waals surface area (Å²) < 4.78 is 43.3. The molecule has 0 saturated heterocycles. The lowest BCUT2D eigenvalue weighted by Gasteiger charge is -2.14. The number of halogens is 3. The van der Waals surface area contributed by atoms with Crippen molar-refractivity contribution in [3.63, 3.8) is 0 Å². The number of benzene rings is 1. The van der Waals surface area contributed by atoms with E-state index in [-0.39, 0.29) is 11.4 Å². The topological polar surface area (TPSA) is 22.1 Å². The van der Waals surface area contributed by atoms with Crippen LogP contribution in [0.4, 0.5) is 13.2 Å². The van der Waals surface area contributed by atoms with Crippen LogP contribution in [0.15, 0.2) is 42.6 Å². The van der Waals surface area contributed by atoms with Gasteiger partial charge in [-0.25, -0.2) is 0 Å². The highest BCUT2D eigenvalue weighted by molar-refractivity contribution is 5.68. The van der Waals surface area contributed by atoms with Crippen molar-refractivity contribution in [3.05, 3.63) is 48.2 Å². The van der Waals surface area contributed by atoms with Crippen molar-refractivity contribution in [2.75, 3.05) is 7.11 Å². The first-order valence-corrected chi connectivity index (χ1v) is 5.19. The normalized spacial score (nSPS) is 11.3. The van der Waals surface area contributed by atoms with E-state index in [0.717, 1.165) is 12.3 Å². The molecule has 0 saturated carbocycles. The van der Waals surface area contributed by atoms with E-state index < -0.39 is 11.7 Å². The van der Waals surface area contributed by atoms with Gasteiger partial charge in [0.15, 0.2) is 5.75 Å². The average molecular weight is 253 g/mol. The second-order valence-corrected chi connectivity index (χ2v) is 3.60. The highest BCUT2D eigenvalue weighted by Gasteiger charge is 2.35. The van der Waals surface area contributed by atoms with Crippen LogP contribution in [0, 0.1) is 0 Å². The van der Waals surface area contributed by atoms with Crippen molar-refractivity contribution in [3.8, 4) is 17.0 Å². The van der Waals surface area contributed by atoms with Crippen LogP contribution >= 0.6 is 0 Å². The number of pyridine rings is 1. The summed E-state index contributed by atoms with van der Waals surface area (Å²) in [5, 5.41) is 0. The van der Waals surface area contributed by atoms with Crippen molar-refractivity contribution >= 4 is 0 Å². The fraction of sp³-hybridized carbons (Fsp3) is 0.154. The highest BCUT2D eigenvalue weighted by atomic mass is 19.4. The Balaban J connectivity index is 2.63. The Hall–Kier alpha value is -2.04. The number of methoxy groups -OCH3 is 1. The summed E-state index contributed by atoms with van der Waals surface area (Å²) in [6, 6.07) is 9.53. The quantitative estimate of drug-likeness (QED) is 0.812. The van der Waals surface area contributed by atoms with E-state index in [1.165, 1.54) is 7.11 Å². The van der Waals surface area contributed by atoms with Gasteiger partial charge in [0.05, 0.1) is 7.11 Å². The Morgan fingerprint density at radius 2 is 1.72 bits per heavy atom. The number of rotatable bonds is 2. The monoisotopic (exact) mass is 253 g/mol. The van der Waals surface area contributed by atoms with Gasteiger partial charge in [0.1, 0.15) is 11.3 Å². The smallest absolute Gasteiger partial charge is 0.420 e. The third kappa shape index (κ3) is 2.30. The van der Waals surface area contributed by atoms with Crippen LogP contribution in [0.2, 0.25) is 0 Å². The molecule has 2 aromatic rings. The van der Waals surface area contributed by atoms with Crippen molar-refractivity contribution in [1.29, 1.82) is 0 Å². The maximum Gasteiger partial charge on any atom is 0.420 e. The summed E-state index contributed by atoms with van der Waals surface area (Å²) in [6.45, 7) is 0. The zero-order valence-corrected chi connectivity index (χ0v) is 9.53. The molecule has 0 spiro atoms. The van der Waals surface area contributed by atoms with E-state index >= 15 is 0 Å². The maximum atomic E-state index is 12.8. The molecule has 0 amide bonds. The van der Waals surface area contributed by atoms with E-state index in [2.05, 4.69) is 4.98 Å². The SMILES string of the molecule is COc1c(C(F)(F)F)ccnc1-c1ccccc1. The molecule has 1 heterocycles. The third-order valence-electron chi connectivity index (χ3n) is 2.46. The molecule has 0 bridgehead atoms. The van der Waals surface area contributed by atoms with Gasteiger partial charge in [0.2, 0.25) is 0 Å². The van der Waals surface area contributed by atoms with E-state index in [1.54, 1.807) is 30.3 Å². The zero-order chi connectivity index (χ0) is 13.2. The molecule has 0 radical (unpaired) electrons. The number of ether oxygens (including phenoxy) is 1. The van der Waals surface area contributed by atoms with E-state index in [9.17, 15) is 13.2 Å². The molecule has 2 rings (SSSR count). The zero-order valence-electron chi connectivity index (χ0n) is 9.53. The van der Waals surface area contributed by atoms with Crippen LogP contribution in [0.25, 0.3) is 11.3 Å². The first-order valence-electron chi connectivity index (χ1n) is 5.19. The van der Waals surface area contributed by atoms with Gasteiger partial charge in [-0.3, -0.25) is 4.98 Å². The summed E-state index contributed by atoms with van der Waals surface area (Å²) >= 11 is 0. The molecule has 94 valence electrons. The van der Waals surface area contributed by atoms with E-state index in [4.69, 9.17) is 4.74 Å². The molecule has 1 aromatic heterocycles. The van der Waals surface area contributed by atoms with Gasteiger partial charge < -0.3 is 4.74 Å². The van der Waals surface area contributed by atoms with Gasteiger partial charge in [0.25, 0.3) is 0 Å². The minimum absolute atomic E-state index is 0.188. The number of aromatic nitrogens is 1. The number of hydrogen-bond donors (Lipinski definition) is 0. The number of alkyl halides is 3. The minimum atomic E-state index is -4.46. The lowest BCUT2D eigenvalue weighted by molar-refractivity contribution is -0.138. The van der Waals surface area contributed by atoms with Gasteiger partial charge in [-0.15, -0.1) is 0 Å². The summed E-state index contributed by atoms with van der Waals surface area (Å²) in [5.74, 6) is -0.254. The lowest BCUT2D eigenvalue weighted by Crippen LogP contribution is -2.09. The van der Waals surface area contributed by atoms with E-state index in [1.807, 2.05) is 0 Å². The third-order valence-corrected chi connectivity index (χ3v) is 2.46. The van der Waals surface area contributed by atoms with Gasteiger partial charge in [-0.05, 0) is 6.07 Å². The highest BCUT2D eigenvalue weighted by Crippen LogP contribution is 2.40. The van der Waals surface area contributed by atoms with E-state index in [0.29, 0.717) is 5.56 Å². The molecule has 18 heavy (non-hydrogen) atoms. The average Bonchev–Trinajstić information content (AvgIpc) is 2.37. The Bertz CT molecular complexity index is 538. The van der Waals surface area contributed by atoms with Gasteiger partial charge in [-0.2, -0.15) is 13.2 Å². The lowest BCUT2D eigenvalue weighted by atomic mass is 10.1. The summed E-state index contributed by atoms with van der Waals surface area (Å²) in [6.07, 6.45) is -3.33. The van der Waals surface area contributed by atoms with Crippen LogP contribution in [0.1, 0.15) is 5.56 Å². The largest absolute Gasteiger partial charge is 0.494 e. The first kappa shape index (κ1) is 12.4. The summed E-state index contributed by atoms with van der Waals surface area (Å²) in [7, 11) is 1.21. The molecular weight excluding hydrogens is 243 g/mol. The number of hydrogen-bond acceptors (Lipinski definition) is 2. The fourth-order valence-corrected chi connectivity index (χ4v) is 1.68. The molecule has 0 aliphatic carbocycles. The second kappa shape index (κ2) is 4.68. The van der Waals surface area contributed by atoms with Crippen molar-refractivity contribution in [1.82, 2.24) is 4.98 Å². The van der Waals surface area contributed by atoms with Gasteiger partial charge in [-0.1, -0.05) is 30.3 Å². The summed E-state index contributed by atoms with van der Waals surface area (Å²) in [4.78, 5) is 3.97. The molecule has 1 aromatic carbocycles. The summed E-state index contributed by atoms with van der Waals surface area (Å²) in [5.41, 5.74) is -0.0489. The van der Waals surface area contributed by atoms with Crippen LogP contribution in [-0.2, 0) is 6.18 Å². The Kier molecular flexibility index (Phi) is 3.23. The number of nitrogens with zero attached hydrogens (tertiary/aromatic N) is 1.